The van der Waals surface area contributed by atoms with Crippen LogP contribution in [-0.4, -0.2) is 27.0 Å². The third-order valence-electron chi connectivity index (χ3n) is 6.08. The maximum atomic E-state index is 13.1. The predicted molar refractivity (Wildman–Crippen MR) is 149 cm³/mol. The molecule has 0 N–H and O–H groups in total. The molecule has 3 atom stereocenters. The van der Waals surface area contributed by atoms with Gasteiger partial charge in [-0.25, -0.2) is 9.98 Å². The number of Topliss-reactive ketones (excluding diaryl/α,β-unsaturated/α-hetero) is 2. The van der Waals surface area contributed by atoms with Gasteiger partial charge >= 0.3 is 0 Å². The Morgan fingerprint density at radius 2 is 1.39 bits per heavy atom. The lowest BCUT2D eigenvalue weighted by molar-refractivity contribution is 0.0947. The van der Waals surface area contributed by atoms with Crippen LogP contribution in [0.4, 0.5) is 11.4 Å². The van der Waals surface area contributed by atoms with Crippen LogP contribution in [0, 0.1) is 11.8 Å². The summed E-state index contributed by atoms with van der Waals surface area (Å²) < 4.78 is 0. The SMILES string of the molecule is C=CC[C@@H]1C(=O)c2ccccc2N=C1SC1=CC[C@@H](SC2=Nc3ccccc3C(=O)[C@H]2CC=C)N=N1. The van der Waals surface area contributed by atoms with Crippen LogP contribution in [-0.2, 0) is 0 Å². The van der Waals surface area contributed by atoms with Gasteiger partial charge in [0.05, 0.1) is 33.3 Å². The minimum absolute atomic E-state index is 0.0540. The lowest BCUT2D eigenvalue weighted by atomic mass is 9.92. The van der Waals surface area contributed by atoms with E-state index < -0.39 is 0 Å². The van der Waals surface area contributed by atoms with Gasteiger partial charge in [0, 0.05) is 17.5 Å². The number of azo groups is 1. The van der Waals surface area contributed by atoms with Gasteiger partial charge in [-0.1, -0.05) is 59.9 Å². The Morgan fingerprint density at radius 1 is 0.833 bits per heavy atom. The fraction of sp³-hybridized carbons (Fsp3) is 0.214. The molecule has 36 heavy (non-hydrogen) atoms. The fourth-order valence-electron chi connectivity index (χ4n) is 4.29. The van der Waals surface area contributed by atoms with Crippen molar-refractivity contribution >= 4 is 56.6 Å². The zero-order valence-electron chi connectivity index (χ0n) is 19.5. The molecule has 0 spiro atoms. The second-order valence-electron chi connectivity index (χ2n) is 8.48. The summed E-state index contributed by atoms with van der Waals surface area (Å²) in [5.74, 6) is -0.595. The molecular formula is C28H24N4O2S2. The quantitative estimate of drug-likeness (QED) is 0.371. The molecule has 0 aliphatic carbocycles. The van der Waals surface area contributed by atoms with Crippen LogP contribution in [0.3, 0.4) is 0 Å². The summed E-state index contributed by atoms with van der Waals surface area (Å²) in [5.41, 5.74) is 2.66. The van der Waals surface area contributed by atoms with Crippen molar-refractivity contribution in [3.63, 3.8) is 0 Å². The number of aliphatic imine (C=N–C) groups is 2. The van der Waals surface area contributed by atoms with E-state index in [1.165, 1.54) is 23.5 Å². The molecule has 3 aliphatic heterocycles. The van der Waals surface area contributed by atoms with Gasteiger partial charge in [-0.2, -0.15) is 5.11 Å². The number of carbonyl (C=O) groups is 2. The molecule has 0 aromatic heterocycles. The molecule has 2 aromatic rings. The number of carbonyl (C=O) groups excluding carboxylic acids is 2. The van der Waals surface area contributed by atoms with Crippen LogP contribution in [0.5, 0.6) is 0 Å². The van der Waals surface area contributed by atoms with E-state index in [0.29, 0.717) is 51.8 Å². The molecule has 3 aliphatic rings. The summed E-state index contributed by atoms with van der Waals surface area (Å²) in [5, 5.41) is 10.9. The van der Waals surface area contributed by atoms with E-state index in [9.17, 15) is 9.59 Å². The maximum Gasteiger partial charge on any atom is 0.174 e. The minimum Gasteiger partial charge on any atom is -0.293 e. The number of ketones is 2. The highest BCUT2D eigenvalue weighted by molar-refractivity contribution is 8.17. The van der Waals surface area contributed by atoms with Crippen molar-refractivity contribution in [2.24, 2.45) is 32.0 Å². The molecule has 0 bridgehead atoms. The number of allylic oxidation sites excluding steroid dienone is 2. The normalized spacial score (nSPS) is 22.7. The monoisotopic (exact) mass is 512 g/mol. The average Bonchev–Trinajstić information content (AvgIpc) is 2.90. The summed E-state index contributed by atoms with van der Waals surface area (Å²) in [6.45, 7) is 7.63. The first-order chi connectivity index (χ1) is 17.6. The zero-order valence-corrected chi connectivity index (χ0v) is 21.2. The van der Waals surface area contributed by atoms with Crippen molar-refractivity contribution in [2.45, 2.75) is 24.6 Å². The Hall–Kier alpha value is -3.36. The van der Waals surface area contributed by atoms with Gasteiger partial charge in [-0.15, -0.1) is 18.3 Å². The van der Waals surface area contributed by atoms with Crippen molar-refractivity contribution < 1.29 is 9.59 Å². The summed E-state index contributed by atoms with van der Waals surface area (Å²) in [4.78, 5) is 35.7. The van der Waals surface area contributed by atoms with Gasteiger partial charge in [0.25, 0.3) is 0 Å². The first-order valence-electron chi connectivity index (χ1n) is 11.7. The van der Waals surface area contributed by atoms with Gasteiger partial charge < -0.3 is 0 Å². The number of nitrogens with zero attached hydrogens (tertiary/aromatic N) is 4. The van der Waals surface area contributed by atoms with Crippen LogP contribution in [0.15, 0.2) is 105 Å². The number of hydrogen-bond donors (Lipinski definition) is 0. The van der Waals surface area contributed by atoms with Crippen LogP contribution >= 0.6 is 23.5 Å². The molecule has 0 fully saturated rings. The first kappa shape index (κ1) is 24.3. The van der Waals surface area contributed by atoms with Crippen molar-refractivity contribution in [1.82, 2.24) is 0 Å². The second kappa shape index (κ2) is 10.7. The number of rotatable bonds is 6. The highest BCUT2D eigenvalue weighted by Crippen LogP contribution is 2.40. The highest BCUT2D eigenvalue weighted by atomic mass is 32.2. The molecule has 2 aromatic carbocycles. The van der Waals surface area contributed by atoms with Gasteiger partial charge in [-0.3, -0.25) is 9.59 Å². The molecule has 6 nitrogen and oxygen atoms in total. The average molecular weight is 513 g/mol. The van der Waals surface area contributed by atoms with Crippen molar-refractivity contribution in [1.29, 1.82) is 0 Å². The van der Waals surface area contributed by atoms with E-state index in [0.717, 1.165) is 5.04 Å². The van der Waals surface area contributed by atoms with Gasteiger partial charge in [0.2, 0.25) is 0 Å². The number of fused-ring (bicyclic) bond motifs is 2. The lowest BCUT2D eigenvalue weighted by Crippen LogP contribution is -2.26. The molecular weight excluding hydrogens is 488 g/mol. The van der Waals surface area contributed by atoms with E-state index in [-0.39, 0.29) is 28.8 Å². The van der Waals surface area contributed by atoms with Crippen molar-refractivity contribution in [2.75, 3.05) is 0 Å². The number of benzene rings is 2. The van der Waals surface area contributed by atoms with Crippen molar-refractivity contribution in [3.8, 4) is 0 Å². The van der Waals surface area contributed by atoms with E-state index >= 15 is 0 Å². The fourth-order valence-corrected chi connectivity index (χ4v) is 6.35. The van der Waals surface area contributed by atoms with E-state index in [1.54, 1.807) is 12.2 Å². The molecule has 5 rings (SSSR count). The van der Waals surface area contributed by atoms with Gasteiger partial charge in [0.15, 0.2) is 11.6 Å². The molecule has 8 heteroatoms. The minimum atomic E-state index is -0.368. The molecule has 0 radical (unpaired) electrons. The molecule has 0 unspecified atom stereocenters. The predicted octanol–water partition coefficient (Wildman–Crippen LogP) is 7.71. The largest absolute Gasteiger partial charge is 0.293 e. The first-order valence-corrected chi connectivity index (χ1v) is 13.4. The van der Waals surface area contributed by atoms with Gasteiger partial charge in [0.1, 0.15) is 10.4 Å². The zero-order chi connectivity index (χ0) is 25.1. The van der Waals surface area contributed by atoms with E-state index in [2.05, 4.69) is 23.4 Å². The Labute approximate surface area is 218 Å². The highest BCUT2D eigenvalue weighted by Gasteiger charge is 2.34. The Balaban J connectivity index is 1.32. The summed E-state index contributed by atoms with van der Waals surface area (Å²) >= 11 is 2.85. The Morgan fingerprint density at radius 3 is 1.94 bits per heavy atom. The van der Waals surface area contributed by atoms with Crippen LogP contribution in [0.1, 0.15) is 40.0 Å². The van der Waals surface area contributed by atoms with Crippen LogP contribution < -0.4 is 0 Å². The summed E-state index contributed by atoms with van der Waals surface area (Å²) in [7, 11) is 0. The van der Waals surface area contributed by atoms with Crippen LogP contribution in [0.2, 0.25) is 0 Å². The van der Waals surface area contributed by atoms with Gasteiger partial charge in [-0.05, 0) is 43.2 Å². The Bertz CT molecular complexity index is 1380. The van der Waals surface area contributed by atoms with Crippen molar-refractivity contribution in [3.05, 3.63) is 96.1 Å². The summed E-state index contributed by atoms with van der Waals surface area (Å²) in [6.07, 6.45) is 7.20. The standard InChI is InChI=1S/C28H24N4O2S2/c1-3-9-19-25(33)17-11-5-7-13-21(17)29-27(19)35-23-15-16-24(32-31-23)36-28-20(10-4-2)26(34)18-12-6-8-14-22(18)30-28/h3-8,11-15,19-20,24H,1-2,9-10,16H2/t19-,20-,24-/m1/s1. The smallest absolute Gasteiger partial charge is 0.174 e. The topological polar surface area (TPSA) is 83.6 Å². The second-order valence-corrected chi connectivity index (χ2v) is 10.7. The molecule has 0 amide bonds. The molecule has 180 valence electrons. The van der Waals surface area contributed by atoms with E-state index in [4.69, 9.17) is 9.98 Å². The molecule has 3 heterocycles. The third-order valence-corrected chi connectivity index (χ3v) is 8.30. The molecule has 0 saturated heterocycles. The summed E-state index contributed by atoms with van der Waals surface area (Å²) in [6, 6.07) is 14.8. The third kappa shape index (κ3) is 4.83. The van der Waals surface area contributed by atoms with E-state index in [1.807, 2.05) is 54.6 Å². The number of thioether (sulfide) groups is 2. The maximum absolute atomic E-state index is 13.1. The lowest BCUT2D eigenvalue weighted by Gasteiger charge is -2.25. The number of para-hydroxylation sites is 2. The Kier molecular flexibility index (Phi) is 7.25. The molecule has 0 saturated carbocycles. The number of hydrogen-bond acceptors (Lipinski definition) is 8. The van der Waals surface area contributed by atoms with Crippen LogP contribution in [0.25, 0.3) is 0 Å².